The molecule has 4 aromatic rings. The molecule has 7 nitrogen and oxygen atoms in total. The van der Waals surface area contributed by atoms with Gasteiger partial charge in [0.1, 0.15) is 5.75 Å². The lowest BCUT2D eigenvalue weighted by atomic mass is 9.91. The number of aromatic nitrogens is 2. The second-order valence-corrected chi connectivity index (χ2v) is 10.2. The molecule has 2 heterocycles. The van der Waals surface area contributed by atoms with Crippen LogP contribution < -0.4 is 15.0 Å². The molecule has 3 aromatic carbocycles. The van der Waals surface area contributed by atoms with E-state index in [2.05, 4.69) is 88.9 Å². The monoisotopic (exact) mass is 481 g/mol. The van der Waals surface area contributed by atoms with E-state index in [1.165, 1.54) is 5.69 Å². The highest BCUT2D eigenvalue weighted by molar-refractivity contribution is 6.10. The molecule has 1 amide bonds. The highest BCUT2D eigenvalue weighted by Gasteiger charge is 2.65. The number of anilines is 2. The largest absolute Gasteiger partial charge is 0.497 e. The van der Waals surface area contributed by atoms with Gasteiger partial charge in [-0.1, -0.05) is 24.3 Å². The Balaban J connectivity index is 1.26. The Morgan fingerprint density at radius 3 is 2.58 bits per heavy atom. The Morgan fingerprint density at radius 1 is 1.03 bits per heavy atom. The van der Waals surface area contributed by atoms with E-state index in [1.807, 2.05) is 18.2 Å². The Hall–Kier alpha value is -3.84. The maximum absolute atomic E-state index is 13.0. The van der Waals surface area contributed by atoms with Crippen molar-refractivity contribution >= 4 is 28.2 Å². The van der Waals surface area contributed by atoms with Gasteiger partial charge in [0.25, 0.3) is 0 Å². The SMILES string of the molecule is COc1ccc2c(c1)C1(CC1c1ccc3c(-c4ccc(N(C)CCN(C)C)cc4)n[nH]c3c1)C(=O)N2. The van der Waals surface area contributed by atoms with Crippen LogP contribution in [0.2, 0.25) is 0 Å². The second-order valence-electron chi connectivity index (χ2n) is 10.2. The topological polar surface area (TPSA) is 73.5 Å². The van der Waals surface area contributed by atoms with Gasteiger partial charge >= 0.3 is 0 Å². The molecule has 36 heavy (non-hydrogen) atoms. The van der Waals surface area contributed by atoms with Gasteiger partial charge < -0.3 is 19.9 Å². The molecule has 2 atom stereocenters. The number of fused-ring (bicyclic) bond motifs is 3. The van der Waals surface area contributed by atoms with Gasteiger partial charge in [-0.3, -0.25) is 9.89 Å². The second kappa shape index (κ2) is 8.38. The van der Waals surface area contributed by atoms with Crippen molar-refractivity contribution in [2.75, 3.05) is 51.6 Å². The van der Waals surface area contributed by atoms with Crippen molar-refractivity contribution in [3.63, 3.8) is 0 Å². The third kappa shape index (κ3) is 3.54. The highest BCUT2D eigenvalue weighted by Crippen LogP contribution is 2.65. The van der Waals surface area contributed by atoms with Gasteiger partial charge in [-0.2, -0.15) is 5.10 Å². The number of hydrogen-bond acceptors (Lipinski definition) is 5. The number of H-pyrrole nitrogens is 1. The van der Waals surface area contributed by atoms with Crippen molar-refractivity contribution in [2.45, 2.75) is 17.8 Å². The fourth-order valence-electron chi connectivity index (χ4n) is 5.53. The summed E-state index contributed by atoms with van der Waals surface area (Å²) in [5.74, 6) is 0.995. The van der Waals surface area contributed by atoms with E-state index >= 15 is 0 Å². The van der Waals surface area contributed by atoms with Gasteiger partial charge in [-0.05, 0) is 68.0 Å². The van der Waals surface area contributed by atoms with E-state index in [1.54, 1.807) is 7.11 Å². The minimum Gasteiger partial charge on any atom is -0.497 e. The molecule has 1 aliphatic heterocycles. The number of carbonyl (C=O) groups excluding carboxylic acids is 1. The van der Waals surface area contributed by atoms with Crippen LogP contribution in [0.15, 0.2) is 60.7 Å². The standard InChI is InChI=1S/C29H31N5O2/c1-33(2)13-14-34(3)20-8-5-18(6-9-20)27-22-11-7-19(15-26(22)31-32-27)24-17-29(24)23-16-21(36-4)10-12-25(23)30-28(29)35/h5-12,15-16,24H,13-14,17H2,1-4H3,(H,30,35)(H,31,32). The fraction of sp³-hybridized carbons (Fsp3) is 0.310. The van der Waals surface area contributed by atoms with Crippen molar-refractivity contribution in [1.82, 2.24) is 15.1 Å². The number of rotatable bonds is 7. The molecule has 2 N–H and O–H groups in total. The van der Waals surface area contributed by atoms with Gasteiger partial charge in [-0.15, -0.1) is 0 Å². The summed E-state index contributed by atoms with van der Waals surface area (Å²) < 4.78 is 5.42. The molecule has 1 aromatic heterocycles. The number of methoxy groups -OCH3 is 1. The fourth-order valence-corrected chi connectivity index (χ4v) is 5.53. The van der Waals surface area contributed by atoms with Crippen molar-refractivity contribution in [2.24, 2.45) is 0 Å². The molecule has 2 unspecified atom stereocenters. The number of amides is 1. The molecule has 1 saturated carbocycles. The number of hydrogen-bond donors (Lipinski definition) is 2. The lowest BCUT2D eigenvalue weighted by molar-refractivity contribution is -0.118. The number of nitrogens with zero attached hydrogens (tertiary/aromatic N) is 3. The molecule has 0 saturated heterocycles. The number of likely N-dealkylation sites (N-methyl/N-ethyl adjacent to an activating group) is 2. The predicted molar refractivity (Wildman–Crippen MR) is 144 cm³/mol. The van der Waals surface area contributed by atoms with Crippen LogP contribution in [-0.4, -0.2) is 62.3 Å². The predicted octanol–water partition coefficient (Wildman–Crippen LogP) is 4.61. The van der Waals surface area contributed by atoms with Crippen LogP contribution in [0.4, 0.5) is 11.4 Å². The average Bonchev–Trinajstić information content (AvgIpc) is 3.41. The number of aromatic amines is 1. The third-order valence-electron chi connectivity index (χ3n) is 7.77. The first kappa shape index (κ1) is 22.6. The van der Waals surface area contributed by atoms with Crippen molar-refractivity contribution in [3.8, 4) is 17.0 Å². The summed E-state index contributed by atoms with van der Waals surface area (Å²) in [7, 11) is 7.96. The zero-order valence-electron chi connectivity index (χ0n) is 21.1. The zero-order valence-corrected chi connectivity index (χ0v) is 21.1. The van der Waals surface area contributed by atoms with Crippen LogP contribution in [0, 0.1) is 0 Å². The van der Waals surface area contributed by atoms with Crippen LogP contribution in [0.25, 0.3) is 22.2 Å². The Bertz CT molecular complexity index is 1460. The molecule has 1 fully saturated rings. The van der Waals surface area contributed by atoms with E-state index in [9.17, 15) is 4.79 Å². The minimum atomic E-state index is -0.505. The number of benzene rings is 3. The Labute approximate surface area is 211 Å². The molecule has 2 aliphatic rings. The summed E-state index contributed by atoms with van der Waals surface area (Å²) in [5.41, 5.74) is 6.78. The van der Waals surface area contributed by atoms with E-state index in [4.69, 9.17) is 4.74 Å². The van der Waals surface area contributed by atoms with Crippen LogP contribution in [0.1, 0.15) is 23.5 Å². The van der Waals surface area contributed by atoms with Gasteiger partial charge in [0.05, 0.1) is 23.7 Å². The van der Waals surface area contributed by atoms with Gasteiger partial charge in [0.15, 0.2) is 0 Å². The molecule has 184 valence electrons. The summed E-state index contributed by atoms with van der Waals surface area (Å²) in [5, 5.41) is 12.0. The Morgan fingerprint density at radius 2 is 1.83 bits per heavy atom. The molecule has 0 bridgehead atoms. The average molecular weight is 482 g/mol. The third-order valence-corrected chi connectivity index (χ3v) is 7.77. The summed E-state index contributed by atoms with van der Waals surface area (Å²) >= 11 is 0. The molecule has 0 radical (unpaired) electrons. The first-order valence-corrected chi connectivity index (χ1v) is 12.3. The smallest absolute Gasteiger partial charge is 0.235 e. The molecular weight excluding hydrogens is 450 g/mol. The first-order chi connectivity index (χ1) is 17.4. The Kier molecular flexibility index (Phi) is 5.26. The zero-order chi connectivity index (χ0) is 25.0. The molecule has 1 aliphatic carbocycles. The first-order valence-electron chi connectivity index (χ1n) is 12.3. The van der Waals surface area contributed by atoms with E-state index in [-0.39, 0.29) is 11.8 Å². The maximum Gasteiger partial charge on any atom is 0.235 e. The normalized spacial score (nSPS) is 20.1. The van der Waals surface area contributed by atoms with Crippen LogP contribution >= 0.6 is 0 Å². The molecular formula is C29H31N5O2. The van der Waals surface area contributed by atoms with Crippen LogP contribution in [0.5, 0.6) is 5.75 Å². The van der Waals surface area contributed by atoms with E-state index < -0.39 is 5.41 Å². The number of ether oxygens (including phenoxy) is 1. The van der Waals surface area contributed by atoms with E-state index in [0.29, 0.717) is 0 Å². The highest BCUT2D eigenvalue weighted by atomic mass is 16.5. The van der Waals surface area contributed by atoms with Crippen LogP contribution in [-0.2, 0) is 10.2 Å². The lowest BCUT2D eigenvalue weighted by Crippen LogP contribution is -2.28. The molecule has 6 rings (SSSR count). The van der Waals surface area contributed by atoms with Crippen molar-refractivity contribution in [3.05, 3.63) is 71.8 Å². The van der Waals surface area contributed by atoms with Gasteiger partial charge in [0.2, 0.25) is 5.91 Å². The molecule has 7 heteroatoms. The van der Waals surface area contributed by atoms with E-state index in [0.717, 1.165) is 64.2 Å². The molecule has 1 spiro atoms. The quantitative estimate of drug-likeness (QED) is 0.403. The van der Waals surface area contributed by atoms with Gasteiger partial charge in [-0.25, -0.2) is 0 Å². The summed E-state index contributed by atoms with van der Waals surface area (Å²) in [6.45, 7) is 1.98. The van der Waals surface area contributed by atoms with Crippen molar-refractivity contribution in [1.29, 1.82) is 0 Å². The lowest BCUT2D eigenvalue weighted by Gasteiger charge is -2.21. The summed E-state index contributed by atoms with van der Waals surface area (Å²) in [6, 6.07) is 20.8. The van der Waals surface area contributed by atoms with Crippen LogP contribution in [0.3, 0.4) is 0 Å². The number of carbonyl (C=O) groups is 1. The minimum absolute atomic E-state index is 0.0804. The summed E-state index contributed by atoms with van der Waals surface area (Å²) in [6.07, 6.45) is 0.800. The van der Waals surface area contributed by atoms with Crippen molar-refractivity contribution < 1.29 is 9.53 Å². The summed E-state index contributed by atoms with van der Waals surface area (Å²) in [4.78, 5) is 17.5. The van der Waals surface area contributed by atoms with Gasteiger partial charge in [0, 0.05) is 48.4 Å². The number of nitrogens with one attached hydrogen (secondary N) is 2. The maximum atomic E-state index is 13.0.